The molecule has 2 N–H and O–H groups in total. The molecule has 10 heteroatoms. The Morgan fingerprint density at radius 2 is 2.03 bits per heavy atom. The zero-order valence-corrected chi connectivity index (χ0v) is 19.6. The molecule has 1 amide bonds. The second-order valence-electron chi connectivity index (χ2n) is 9.69. The van der Waals surface area contributed by atoms with Gasteiger partial charge in [-0.3, -0.25) is 4.79 Å². The molecular formula is C24H28N8O2. The minimum atomic E-state index is 0.182. The maximum atomic E-state index is 11.6. The lowest BCUT2D eigenvalue weighted by Crippen LogP contribution is -2.59. The van der Waals surface area contributed by atoms with Crippen molar-refractivity contribution in [3.63, 3.8) is 0 Å². The molecule has 0 unspecified atom stereocenters. The molecule has 176 valence electrons. The number of hydrogen-bond acceptors (Lipinski definition) is 7. The number of carbonyl (C=O) groups is 1. The standard InChI is InChI=1S/C24H28N8O2/c1-14(33)32-12-24(13-32)8-6-16(7-9-24)26-23-27-21-20(22(28-23)34-3)17(11-25-21)15-4-5-18-19(10-15)31(2)30-29-18/h4-5,10-11,16H,6-9,12-13H2,1-3H3,(H2,25,26,27,28). The highest BCUT2D eigenvalue weighted by Crippen LogP contribution is 2.44. The predicted octanol–water partition coefficient (Wildman–Crippen LogP) is 3.12. The number of carbonyl (C=O) groups excluding carboxylic acids is 1. The first-order valence-electron chi connectivity index (χ1n) is 11.7. The Morgan fingerprint density at radius 3 is 2.76 bits per heavy atom. The molecule has 2 aliphatic rings. The number of aryl methyl sites for hydroxylation is 1. The van der Waals surface area contributed by atoms with Crippen LogP contribution in [0, 0.1) is 5.41 Å². The summed E-state index contributed by atoms with van der Waals surface area (Å²) in [5, 5.41) is 12.6. The van der Waals surface area contributed by atoms with Gasteiger partial charge in [0.05, 0.1) is 18.0 Å². The number of amides is 1. The number of hydrogen-bond donors (Lipinski definition) is 2. The predicted molar refractivity (Wildman–Crippen MR) is 129 cm³/mol. The Kier molecular flexibility index (Phi) is 4.72. The lowest BCUT2D eigenvalue weighted by Gasteiger charge is -2.53. The number of ether oxygens (including phenoxy) is 1. The number of likely N-dealkylation sites (tertiary alicyclic amines) is 1. The highest BCUT2D eigenvalue weighted by Gasteiger charge is 2.46. The largest absolute Gasteiger partial charge is 0.480 e. The summed E-state index contributed by atoms with van der Waals surface area (Å²) in [6, 6.07) is 6.37. The topological polar surface area (TPSA) is 114 Å². The van der Waals surface area contributed by atoms with Crippen LogP contribution in [-0.4, -0.2) is 67.0 Å². The molecule has 0 radical (unpaired) electrons. The van der Waals surface area contributed by atoms with Gasteiger partial charge >= 0.3 is 0 Å². The molecule has 1 aliphatic carbocycles. The normalized spacial score (nSPS) is 17.9. The number of nitrogens with one attached hydrogen (secondary N) is 2. The lowest BCUT2D eigenvalue weighted by atomic mass is 9.67. The minimum Gasteiger partial charge on any atom is -0.480 e. The highest BCUT2D eigenvalue weighted by atomic mass is 16.5. The SMILES string of the molecule is COc1nc(NC2CCC3(CC2)CN(C(C)=O)C3)nc2[nH]cc(-c3ccc4nnn(C)c4c3)c12. The summed E-state index contributed by atoms with van der Waals surface area (Å²) in [5.74, 6) is 1.29. The van der Waals surface area contributed by atoms with E-state index < -0.39 is 0 Å². The van der Waals surface area contributed by atoms with Gasteiger partial charge in [-0.15, -0.1) is 5.10 Å². The molecule has 34 heavy (non-hydrogen) atoms. The molecule has 10 nitrogen and oxygen atoms in total. The van der Waals surface area contributed by atoms with E-state index in [4.69, 9.17) is 14.7 Å². The van der Waals surface area contributed by atoms with E-state index in [2.05, 4.69) is 26.7 Å². The van der Waals surface area contributed by atoms with Crippen molar-refractivity contribution in [2.45, 2.75) is 38.6 Å². The van der Waals surface area contributed by atoms with E-state index in [1.807, 2.05) is 30.3 Å². The first-order chi connectivity index (χ1) is 16.4. The average Bonchev–Trinajstić information content (AvgIpc) is 3.41. The van der Waals surface area contributed by atoms with E-state index in [-0.39, 0.29) is 5.91 Å². The monoisotopic (exact) mass is 460 g/mol. The third kappa shape index (κ3) is 3.36. The molecule has 1 aromatic carbocycles. The number of H-pyrrole nitrogens is 1. The van der Waals surface area contributed by atoms with Crippen LogP contribution >= 0.6 is 0 Å². The smallest absolute Gasteiger partial charge is 0.228 e. The van der Waals surface area contributed by atoms with Crippen molar-refractivity contribution < 1.29 is 9.53 Å². The maximum absolute atomic E-state index is 11.6. The van der Waals surface area contributed by atoms with E-state index in [1.165, 1.54) is 0 Å². The summed E-state index contributed by atoms with van der Waals surface area (Å²) in [6.45, 7) is 3.45. The van der Waals surface area contributed by atoms with Crippen molar-refractivity contribution in [1.82, 2.24) is 34.8 Å². The molecule has 0 atom stereocenters. The number of aromatic nitrogens is 6. The van der Waals surface area contributed by atoms with E-state index in [9.17, 15) is 4.79 Å². The number of rotatable bonds is 4. The van der Waals surface area contributed by atoms with Gasteiger partial charge < -0.3 is 19.9 Å². The van der Waals surface area contributed by atoms with E-state index in [1.54, 1.807) is 18.7 Å². The van der Waals surface area contributed by atoms with Crippen LogP contribution in [0.4, 0.5) is 5.95 Å². The molecular weight excluding hydrogens is 432 g/mol. The van der Waals surface area contributed by atoms with Crippen LogP contribution < -0.4 is 10.1 Å². The second kappa shape index (κ2) is 7.68. The van der Waals surface area contributed by atoms with E-state index in [0.717, 1.165) is 72.0 Å². The molecule has 1 saturated carbocycles. The van der Waals surface area contributed by atoms with Crippen molar-refractivity contribution in [2.75, 3.05) is 25.5 Å². The number of anilines is 1. The van der Waals surface area contributed by atoms with Gasteiger partial charge in [0.1, 0.15) is 11.2 Å². The van der Waals surface area contributed by atoms with Crippen molar-refractivity contribution in [3.05, 3.63) is 24.4 Å². The first kappa shape index (κ1) is 20.9. The van der Waals surface area contributed by atoms with Gasteiger partial charge in [-0.1, -0.05) is 11.3 Å². The third-order valence-electron chi connectivity index (χ3n) is 7.49. The maximum Gasteiger partial charge on any atom is 0.228 e. The fourth-order valence-electron chi connectivity index (χ4n) is 5.50. The number of aromatic amines is 1. The van der Waals surface area contributed by atoms with E-state index >= 15 is 0 Å². The van der Waals surface area contributed by atoms with Crippen LogP contribution in [0.3, 0.4) is 0 Å². The summed E-state index contributed by atoms with van der Waals surface area (Å²) in [4.78, 5) is 26.3. The quantitative estimate of drug-likeness (QED) is 0.481. The zero-order valence-electron chi connectivity index (χ0n) is 19.6. The third-order valence-corrected chi connectivity index (χ3v) is 7.49. The average molecular weight is 461 g/mol. The van der Waals surface area contributed by atoms with Crippen molar-refractivity contribution in [2.24, 2.45) is 12.5 Å². The molecule has 4 heterocycles. The number of benzene rings is 1. The van der Waals surface area contributed by atoms with Crippen LogP contribution in [0.15, 0.2) is 24.4 Å². The number of fused-ring (bicyclic) bond motifs is 2. The summed E-state index contributed by atoms with van der Waals surface area (Å²) >= 11 is 0. The van der Waals surface area contributed by atoms with Crippen LogP contribution in [0.2, 0.25) is 0 Å². The van der Waals surface area contributed by atoms with Gasteiger partial charge in [0.15, 0.2) is 0 Å². The Labute approximate surface area is 196 Å². The zero-order chi connectivity index (χ0) is 23.4. The van der Waals surface area contributed by atoms with E-state index in [0.29, 0.717) is 23.3 Å². The summed E-state index contributed by atoms with van der Waals surface area (Å²) in [7, 11) is 3.52. The highest BCUT2D eigenvalue weighted by molar-refractivity contribution is 5.99. The first-order valence-corrected chi connectivity index (χ1v) is 11.7. The summed E-state index contributed by atoms with van der Waals surface area (Å²) in [5.41, 5.74) is 4.84. The Bertz CT molecular complexity index is 1390. The van der Waals surface area contributed by atoms with Crippen molar-refractivity contribution >= 4 is 33.9 Å². The summed E-state index contributed by atoms with van der Waals surface area (Å²) < 4.78 is 7.45. The van der Waals surface area contributed by atoms with Crippen molar-refractivity contribution in [1.29, 1.82) is 0 Å². The van der Waals surface area contributed by atoms with Gasteiger partial charge in [0, 0.05) is 50.3 Å². The van der Waals surface area contributed by atoms with Crippen LogP contribution in [0.25, 0.3) is 33.2 Å². The molecule has 1 saturated heterocycles. The molecule has 1 spiro atoms. The second-order valence-corrected chi connectivity index (χ2v) is 9.69. The Morgan fingerprint density at radius 1 is 1.24 bits per heavy atom. The van der Waals surface area contributed by atoms with Gasteiger partial charge in [-0.05, 0) is 43.4 Å². The fourth-order valence-corrected chi connectivity index (χ4v) is 5.50. The summed E-state index contributed by atoms with van der Waals surface area (Å²) in [6.07, 6.45) is 6.27. The molecule has 4 aromatic rings. The molecule has 1 aliphatic heterocycles. The van der Waals surface area contributed by atoms with Crippen LogP contribution in [-0.2, 0) is 11.8 Å². The van der Waals surface area contributed by atoms with Gasteiger partial charge in [-0.2, -0.15) is 9.97 Å². The minimum absolute atomic E-state index is 0.182. The van der Waals surface area contributed by atoms with Gasteiger partial charge in [-0.25, -0.2) is 4.68 Å². The molecule has 2 fully saturated rings. The molecule has 6 rings (SSSR count). The van der Waals surface area contributed by atoms with Crippen LogP contribution in [0.1, 0.15) is 32.6 Å². The Hall–Kier alpha value is -3.69. The number of methoxy groups -OCH3 is 1. The number of nitrogens with zero attached hydrogens (tertiary/aromatic N) is 6. The van der Waals surface area contributed by atoms with Gasteiger partial charge in [0.2, 0.25) is 17.7 Å². The van der Waals surface area contributed by atoms with Crippen molar-refractivity contribution in [3.8, 4) is 17.0 Å². The molecule has 0 bridgehead atoms. The van der Waals surface area contributed by atoms with Gasteiger partial charge in [0.25, 0.3) is 0 Å². The Balaban J connectivity index is 1.23. The van der Waals surface area contributed by atoms with Crippen LogP contribution in [0.5, 0.6) is 5.88 Å². The molecule has 3 aromatic heterocycles. The fraction of sp³-hybridized carbons (Fsp3) is 0.458. The lowest BCUT2D eigenvalue weighted by molar-refractivity contribution is -0.143.